The third-order valence-corrected chi connectivity index (χ3v) is 2.31. The van der Waals surface area contributed by atoms with Crippen LogP contribution in [0.15, 0.2) is 18.2 Å². The molecule has 0 saturated carbocycles. The molecule has 0 bridgehead atoms. The second-order valence-electron chi connectivity index (χ2n) is 2.98. The fourth-order valence-corrected chi connectivity index (χ4v) is 1.54. The van der Waals surface area contributed by atoms with E-state index in [1.165, 1.54) is 18.2 Å². The lowest BCUT2D eigenvalue weighted by Crippen LogP contribution is -2.29. The monoisotopic (exact) mass is 248 g/mol. The van der Waals surface area contributed by atoms with Gasteiger partial charge in [-0.15, -0.1) is 0 Å². The summed E-state index contributed by atoms with van der Waals surface area (Å²) in [5.74, 6) is -2.11. The fraction of sp³-hybridized carbons (Fsp3) is 0.250. The SMILES string of the molecule is O=S(O)OC(O)(O)c1ccc2c(c1)OCO2. The summed E-state index contributed by atoms with van der Waals surface area (Å²) in [7, 11) is 0. The molecule has 0 saturated heterocycles. The zero-order valence-electron chi connectivity index (χ0n) is 7.82. The van der Waals surface area contributed by atoms with Gasteiger partial charge < -0.3 is 19.7 Å². The first-order valence-electron chi connectivity index (χ1n) is 4.14. The standard InChI is InChI=1S/C8H8O7S/c9-8(10,15-16(11)12)5-1-2-6-7(3-5)14-4-13-6/h1-3,9-10H,4H2,(H,11,12). The molecule has 0 aliphatic carbocycles. The minimum Gasteiger partial charge on any atom is -0.454 e. The second-order valence-corrected chi connectivity index (χ2v) is 3.58. The van der Waals surface area contributed by atoms with Gasteiger partial charge in [-0.3, -0.25) is 4.55 Å². The average Bonchev–Trinajstić information content (AvgIpc) is 2.61. The molecule has 88 valence electrons. The summed E-state index contributed by atoms with van der Waals surface area (Å²) in [5, 5.41) is 18.7. The molecule has 2 rings (SSSR count). The Kier molecular flexibility index (Phi) is 2.82. The quantitative estimate of drug-likeness (QED) is 0.496. The van der Waals surface area contributed by atoms with E-state index < -0.39 is 17.3 Å². The van der Waals surface area contributed by atoms with Crippen LogP contribution in [0.25, 0.3) is 0 Å². The van der Waals surface area contributed by atoms with Crippen LogP contribution in [0.1, 0.15) is 5.56 Å². The van der Waals surface area contributed by atoms with Crippen molar-refractivity contribution in [2.24, 2.45) is 0 Å². The lowest BCUT2D eigenvalue weighted by Gasteiger charge is -2.19. The first-order valence-corrected chi connectivity index (χ1v) is 5.17. The molecule has 0 fully saturated rings. The first kappa shape index (κ1) is 11.3. The van der Waals surface area contributed by atoms with Crippen LogP contribution in [0, 0.1) is 0 Å². The van der Waals surface area contributed by atoms with Gasteiger partial charge in [0, 0.05) is 5.56 Å². The average molecular weight is 248 g/mol. The van der Waals surface area contributed by atoms with Crippen molar-refractivity contribution in [1.82, 2.24) is 0 Å². The number of aliphatic hydroxyl groups is 2. The molecule has 1 aromatic rings. The van der Waals surface area contributed by atoms with E-state index in [0.717, 1.165) is 0 Å². The van der Waals surface area contributed by atoms with Crippen molar-refractivity contribution >= 4 is 11.4 Å². The van der Waals surface area contributed by atoms with E-state index >= 15 is 0 Å². The number of ether oxygens (including phenoxy) is 2. The molecule has 1 heterocycles. The van der Waals surface area contributed by atoms with Crippen molar-refractivity contribution in [2.45, 2.75) is 5.97 Å². The van der Waals surface area contributed by atoms with Crippen molar-refractivity contribution in [2.75, 3.05) is 6.79 Å². The number of hydrogen-bond acceptors (Lipinski definition) is 6. The molecule has 3 N–H and O–H groups in total. The highest BCUT2D eigenvalue weighted by Gasteiger charge is 2.32. The second kappa shape index (κ2) is 4.00. The van der Waals surface area contributed by atoms with Gasteiger partial charge in [0.1, 0.15) is 0 Å². The maximum atomic E-state index is 10.3. The summed E-state index contributed by atoms with van der Waals surface area (Å²) < 4.78 is 32.8. The minimum absolute atomic E-state index is 0.0371. The number of rotatable bonds is 3. The van der Waals surface area contributed by atoms with Crippen LogP contribution in [0.4, 0.5) is 0 Å². The summed E-state index contributed by atoms with van der Waals surface area (Å²) >= 11 is -2.81. The Hall–Kier alpha value is -1.19. The molecule has 1 aliphatic heterocycles. The van der Waals surface area contributed by atoms with Gasteiger partial charge in [0.15, 0.2) is 11.5 Å². The molecule has 0 amide bonds. The van der Waals surface area contributed by atoms with Crippen LogP contribution in [0.2, 0.25) is 0 Å². The summed E-state index contributed by atoms with van der Waals surface area (Å²) in [5.41, 5.74) is -0.140. The highest BCUT2D eigenvalue weighted by Crippen LogP contribution is 2.35. The molecule has 16 heavy (non-hydrogen) atoms. The third kappa shape index (κ3) is 2.15. The molecule has 1 aromatic carbocycles. The Morgan fingerprint density at radius 3 is 2.69 bits per heavy atom. The molecule has 0 radical (unpaired) electrons. The molecular formula is C8H8O7S. The first-order chi connectivity index (χ1) is 7.49. The van der Waals surface area contributed by atoms with Crippen molar-refractivity contribution in [1.29, 1.82) is 0 Å². The highest BCUT2D eigenvalue weighted by atomic mass is 32.2. The van der Waals surface area contributed by atoms with Gasteiger partial charge in [-0.1, -0.05) is 0 Å². The van der Waals surface area contributed by atoms with Crippen molar-refractivity contribution < 1.29 is 32.6 Å². The van der Waals surface area contributed by atoms with Gasteiger partial charge in [-0.25, -0.2) is 4.18 Å². The Labute approximate surface area is 92.7 Å². The molecule has 1 aliphatic rings. The van der Waals surface area contributed by atoms with Crippen LogP contribution >= 0.6 is 0 Å². The summed E-state index contributed by atoms with van der Waals surface area (Å²) in [6.07, 6.45) is 0. The molecule has 0 aromatic heterocycles. The molecule has 0 spiro atoms. The van der Waals surface area contributed by atoms with Gasteiger partial charge in [0.05, 0.1) is 0 Å². The zero-order chi connectivity index (χ0) is 11.8. The van der Waals surface area contributed by atoms with Crippen molar-refractivity contribution in [3.05, 3.63) is 23.8 Å². The van der Waals surface area contributed by atoms with E-state index in [4.69, 9.17) is 14.0 Å². The van der Waals surface area contributed by atoms with Crippen LogP contribution in [-0.2, 0) is 21.5 Å². The van der Waals surface area contributed by atoms with Crippen LogP contribution in [0.3, 0.4) is 0 Å². The topological polar surface area (TPSA) is 105 Å². The number of hydrogen-bond donors (Lipinski definition) is 3. The van der Waals surface area contributed by atoms with E-state index in [9.17, 15) is 14.4 Å². The summed E-state index contributed by atoms with van der Waals surface area (Å²) in [6.45, 7) is 0.0371. The maximum absolute atomic E-state index is 10.3. The smallest absolute Gasteiger partial charge is 0.321 e. The predicted octanol–water partition coefficient (Wildman–Crippen LogP) is -0.337. The molecule has 1 atom stereocenters. The highest BCUT2D eigenvalue weighted by molar-refractivity contribution is 7.74. The number of fused-ring (bicyclic) bond motifs is 1. The lowest BCUT2D eigenvalue weighted by atomic mass is 10.1. The Bertz CT molecular complexity index is 430. The minimum atomic E-state index is -2.86. The third-order valence-electron chi connectivity index (χ3n) is 1.94. The van der Waals surface area contributed by atoms with Crippen LogP contribution < -0.4 is 9.47 Å². The summed E-state index contributed by atoms with van der Waals surface area (Å²) in [4.78, 5) is 0. The zero-order valence-corrected chi connectivity index (χ0v) is 8.64. The Balaban J connectivity index is 2.30. The van der Waals surface area contributed by atoms with Gasteiger partial charge in [0.25, 0.3) is 0 Å². The van der Waals surface area contributed by atoms with Crippen LogP contribution in [-0.4, -0.2) is 25.8 Å². The molecular weight excluding hydrogens is 240 g/mol. The van der Waals surface area contributed by atoms with Crippen molar-refractivity contribution in [3.63, 3.8) is 0 Å². The van der Waals surface area contributed by atoms with E-state index in [1.54, 1.807) is 0 Å². The fourth-order valence-electron chi connectivity index (χ4n) is 1.25. The van der Waals surface area contributed by atoms with Gasteiger partial charge in [-0.2, -0.15) is 4.21 Å². The van der Waals surface area contributed by atoms with E-state index in [-0.39, 0.29) is 12.4 Å². The van der Waals surface area contributed by atoms with Gasteiger partial charge in [-0.05, 0) is 18.2 Å². The number of benzene rings is 1. The molecule has 7 nitrogen and oxygen atoms in total. The van der Waals surface area contributed by atoms with E-state index in [1.807, 2.05) is 0 Å². The normalized spacial score (nSPS) is 16.2. The summed E-state index contributed by atoms with van der Waals surface area (Å²) in [6, 6.07) is 3.96. The molecule has 8 heteroatoms. The lowest BCUT2D eigenvalue weighted by molar-refractivity contribution is -0.302. The Morgan fingerprint density at radius 1 is 1.31 bits per heavy atom. The van der Waals surface area contributed by atoms with E-state index in [0.29, 0.717) is 11.5 Å². The maximum Gasteiger partial charge on any atom is 0.321 e. The van der Waals surface area contributed by atoms with E-state index in [2.05, 4.69) is 4.18 Å². The Morgan fingerprint density at radius 2 is 2.00 bits per heavy atom. The van der Waals surface area contributed by atoms with Gasteiger partial charge >= 0.3 is 17.3 Å². The van der Waals surface area contributed by atoms with Gasteiger partial charge in [0.2, 0.25) is 6.79 Å². The predicted molar refractivity (Wildman–Crippen MR) is 50.5 cm³/mol. The van der Waals surface area contributed by atoms with Crippen molar-refractivity contribution in [3.8, 4) is 11.5 Å². The molecule has 1 unspecified atom stereocenters. The largest absolute Gasteiger partial charge is 0.454 e. The van der Waals surface area contributed by atoms with Crippen LogP contribution in [0.5, 0.6) is 11.5 Å².